The summed E-state index contributed by atoms with van der Waals surface area (Å²) in [4.78, 5) is 23.6. The number of carboxylic acid groups (broad SMARTS) is 2. The van der Waals surface area contributed by atoms with Gasteiger partial charge in [-0.05, 0) is 61.6 Å². The van der Waals surface area contributed by atoms with Crippen LogP contribution in [0.1, 0.15) is 31.2 Å². The molecule has 0 aliphatic heterocycles. The van der Waals surface area contributed by atoms with Gasteiger partial charge in [0.2, 0.25) is 5.88 Å². The van der Waals surface area contributed by atoms with Gasteiger partial charge < -0.3 is 38.5 Å². The van der Waals surface area contributed by atoms with E-state index in [0.717, 1.165) is 54.0 Å². The number of fused-ring (bicyclic) bond motifs is 2. The van der Waals surface area contributed by atoms with Gasteiger partial charge in [0.25, 0.3) is 0 Å². The molecule has 12 nitrogen and oxygen atoms in total. The third-order valence-electron chi connectivity index (χ3n) is 7.55. The number of carbonyl (C=O) groups is 2. The highest BCUT2D eigenvalue weighted by Gasteiger charge is 2.28. The lowest BCUT2D eigenvalue weighted by Gasteiger charge is -2.17. The molecule has 0 bridgehead atoms. The van der Waals surface area contributed by atoms with E-state index >= 15 is 0 Å². The summed E-state index contributed by atoms with van der Waals surface area (Å²) in [5, 5.41) is 19.8. The second-order valence-electron chi connectivity index (χ2n) is 10.3. The lowest BCUT2D eigenvalue weighted by Crippen LogP contribution is -2.12. The van der Waals surface area contributed by atoms with Gasteiger partial charge >= 0.3 is 12.1 Å². The van der Waals surface area contributed by atoms with Crippen molar-refractivity contribution < 1.29 is 43.5 Å². The average molecular weight is 620 g/mol. The van der Waals surface area contributed by atoms with Crippen molar-refractivity contribution in [3.8, 4) is 40.0 Å². The van der Waals surface area contributed by atoms with Gasteiger partial charge in [-0.15, -0.1) is 0 Å². The molecule has 6 rings (SSSR count). The van der Waals surface area contributed by atoms with Crippen LogP contribution in [0.5, 0.6) is 28.9 Å². The smallest absolute Gasteiger partial charge is 0.497 e. The molecule has 5 aromatic rings. The largest absolute Gasteiger partial charge is 0.512 e. The number of carboxylic acids is 1. The summed E-state index contributed by atoms with van der Waals surface area (Å²) in [7, 11) is 3.02. The Labute approximate surface area is 255 Å². The van der Waals surface area contributed by atoms with Crippen molar-refractivity contribution in [2.45, 2.75) is 38.3 Å². The maximum absolute atomic E-state index is 12.2. The SMILES string of the molecule is COc1ccc(-c2c(OC(=O)O)n(Cc3ccc4nsnc4c3)c3cc(OC4CCCC4)c(OC)cc23)c(OCC(=O)O)c1. The Morgan fingerprint density at radius 3 is 2.45 bits per heavy atom. The minimum absolute atomic E-state index is 0.00871. The molecule has 13 heteroatoms. The third-order valence-corrected chi connectivity index (χ3v) is 8.11. The van der Waals surface area contributed by atoms with Crippen molar-refractivity contribution in [1.82, 2.24) is 13.3 Å². The number of benzene rings is 3. The Morgan fingerprint density at radius 1 is 0.932 bits per heavy atom. The Morgan fingerprint density at radius 2 is 1.73 bits per heavy atom. The van der Waals surface area contributed by atoms with Gasteiger partial charge in [-0.1, -0.05) is 6.07 Å². The van der Waals surface area contributed by atoms with Crippen LogP contribution in [0.2, 0.25) is 0 Å². The second-order valence-corrected chi connectivity index (χ2v) is 10.8. The maximum atomic E-state index is 12.2. The van der Waals surface area contributed by atoms with E-state index in [2.05, 4.69) is 8.75 Å². The second kappa shape index (κ2) is 12.3. The molecule has 0 saturated heterocycles. The molecule has 0 atom stereocenters. The Kier molecular flexibility index (Phi) is 8.11. The normalized spacial score (nSPS) is 13.3. The monoisotopic (exact) mass is 619 g/mol. The van der Waals surface area contributed by atoms with Crippen molar-refractivity contribution in [2.75, 3.05) is 20.8 Å². The van der Waals surface area contributed by atoms with E-state index in [-0.39, 0.29) is 24.3 Å². The zero-order chi connectivity index (χ0) is 30.8. The van der Waals surface area contributed by atoms with E-state index < -0.39 is 18.7 Å². The summed E-state index contributed by atoms with van der Waals surface area (Å²) in [6, 6.07) is 14.1. The molecule has 3 aromatic carbocycles. The van der Waals surface area contributed by atoms with Crippen molar-refractivity contribution in [3.05, 3.63) is 54.1 Å². The molecule has 44 heavy (non-hydrogen) atoms. The Hall–Kier alpha value is -5.04. The third kappa shape index (κ3) is 5.78. The number of hydrogen-bond acceptors (Lipinski definition) is 10. The van der Waals surface area contributed by atoms with Crippen LogP contribution < -0.4 is 23.7 Å². The van der Waals surface area contributed by atoms with Crippen LogP contribution >= 0.6 is 11.7 Å². The predicted molar refractivity (Wildman–Crippen MR) is 162 cm³/mol. The zero-order valence-corrected chi connectivity index (χ0v) is 24.8. The number of aromatic nitrogens is 3. The number of methoxy groups -OCH3 is 2. The van der Waals surface area contributed by atoms with Gasteiger partial charge in [-0.25, -0.2) is 9.59 Å². The standard InChI is InChI=1S/C31H29N3O9S/c1-39-19-8-9-20(25(12-19)41-16-28(35)36)29-21-13-26(40-2)27(42-18-5-3-4-6-18)14-24(21)34(30(29)43-31(37)38)15-17-7-10-22-23(11-17)33-44-32-22/h7-14,18H,3-6,15-16H2,1-2H3,(H,35,36)(H,37,38). The minimum atomic E-state index is -1.52. The van der Waals surface area contributed by atoms with Crippen LogP contribution in [0.25, 0.3) is 33.1 Å². The minimum Gasteiger partial charge on any atom is -0.497 e. The lowest BCUT2D eigenvalue weighted by atomic mass is 10.0. The van der Waals surface area contributed by atoms with Crippen LogP contribution in [-0.4, -0.2) is 62.6 Å². The van der Waals surface area contributed by atoms with E-state index in [0.29, 0.717) is 39.3 Å². The first-order valence-electron chi connectivity index (χ1n) is 13.9. The number of nitrogens with zero attached hydrogens (tertiary/aromatic N) is 3. The summed E-state index contributed by atoms with van der Waals surface area (Å²) in [6.07, 6.45) is 2.53. The highest BCUT2D eigenvalue weighted by atomic mass is 32.1. The topological polar surface area (TPSA) is 151 Å². The molecule has 1 saturated carbocycles. The van der Waals surface area contributed by atoms with Gasteiger partial charge in [0, 0.05) is 23.1 Å². The van der Waals surface area contributed by atoms with Crippen molar-refractivity contribution >= 4 is 45.8 Å². The van der Waals surface area contributed by atoms with Crippen LogP contribution in [0.3, 0.4) is 0 Å². The quantitative estimate of drug-likeness (QED) is 0.162. The summed E-state index contributed by atoms with van der Waals surface area (Å²) in [6.45, 7) is -0.415. The summed E-state index contributed by atoms with van der Waals surface area (Å²) >= 11 is 1.11. The van der Waals surface area contributed by atoms with Crippen LogP contribution in [0.4, 0.5) is 4.79 Å². The van der Waals surface area contributed by atoms with Gasteiger partial charge in [0.15, 0.2) is 18.1 Å². The van der Waals surface area contributed by atoms with E-state index in [4.69, 9.17) is 23.7 Å². The van der Waals surface area contributed by atoms with E-state index in [1.54, 1.807) is 35.9 Å². The molecule has 1 aliphatic rings. The fourth-order valence-corrected chi connectivity index (χ4v) is 6.10. The summed E-state index contributed by atoms with van der Waals surface area (Å²) < 4.78 is 39.1. The van der Waals surface area contributed by atoms with Crippen LogP contribution in [0.15, 0.2) is 48.5 Å². The molecular weight excluding hydrogens is 590 g/mol. The summed E-state index contributed by atoms with van der Waals surface area (Å²) in [5.41, 5.74) is 3.69. The first-order chi connectivity index (χ1) is 21.3. The maximum Gasteiger partial charge on any atom is 0.512 e. The fraction of sp³-hybridized carbons (Fsp3) is 0.290. The molecule has 1 fully saturated rings. The first kappa shape index (κ1) is 29.1. The van der Waals surface area contributed by atoms with E-state index in [1.807, 2.05) is 24.3 Å². The molecule has 2 aromatic heterocycles. The fourth-order valence-electron chi connectivity index (χ4n) is 5.58. The average Bonchev–Trinajstić information content (AvgIpc) is 3.76. The van der Waals surface area contributed by atoms with Gasteiger partial charge in [-0.2, -0.15) is 8.75 Å². The highest BCUT2D eigenvalue weighted by Crippen LogP contribution is 2.48. The molecular formula is C31H29N3O9S. The van der Waals surface area contributed by atoms with Crippen LogP contribution in [0, 0.1) is 0 Å². The number of aliphatic carboxylic acids is 1. The van der Waals surface area contributed by atoms with Crippen molar-refractivity contribution in [3.63, 3.8) is 0 Å². The zero-order valence-electron chi connectivity index (χ0n) is 23.9. The predicted octanol–water partition coefficient (Wildman–Crippen LogP) is 6.22. The molecule has 2 heterocycles. The molecule has 0 amide bonds. The van der Waals surface area contributed by atoms with Crippen LogP contribution in [-0.2, 0) is 11.3 Å². The molecule has 0 unspecified atom stereocenters. The van der Waals surface area contributed by atoms with Crippen molar-refractivity contribution in [1.29, 1.82) is 0 Å². The molecule has 0 spiro atoms. The molecule has 1 aliphatic carbocycles. The van der Waals surface area contributed by atoms with Gasteiger partial charge in [0.05, 0.1) is 49.7 Å². The summed E-state index contributed by atoms with van der Waals surface area (Å²) in [5.74, 6) is 0.409. The Balaban J connectivity index is 1.61. The van der Waals surface area contributed by atoms with E-state index in [1.165, 1.54) is 7.11 Å². The van der Waals surface area contributed by atoms with Crippen molar-refractivity contribution in [2.24, 2.45) is 0 Å². The molecule has 228 valence electrons. The van der Waals surface area contributed by atoms with Gasteiger partial charge in [0.1, 0.15) is 22.5 Å². The number of ether oxygens (including phenoxy) is 5. The first-order valence-corrected chi connectivity index (χ1v) is 14.6. The highest BCUT2D eigenvalue weighted by molar-refractivity contribution is 7.00. The van der Waals surface area contributed by atoms with Gasteiger partial charge in [-0.3, -0.25) is 0 Å². The van der Waals surface area contributed by atoms with E-state index in [9.17, 15) is 19.8 Å². The number of rotatable bonds is 11. The molecule has 2 N–H and O–H groups in total. The Bertz CT molecular complexity index is 1860. The molecule has 0 radical (unpaired) electrons. The number of hydrogen-bond donors (Lipinski definition) is 2. The lowest BCUT2D eigenvalue weighted by molar-refractivity contribution is -0.139.